The Morgan fingerprint density at radius 3 is 2.75 bits per heavy atom. The minimum atomic E-state index is -0.461. The van der Waals surface area contributed by atoms with Crippen molar-refractivity contribution in [1.29, 1.82) is 0 Å². The molecular weight excluding hydrogens is 250 g/mol. The summed E-state index contributed by atoms with van der Waals surface area (Å²) in [5.41, 5.74) is 1.83. The van der Waals surface area contributed by atoms with Crippen LogP contribution < -0.4 is 0 Å². The lowest BCUT2D eigenvalue weighted by Gasteiger charge is -1.97. The topological polar surface area (TPSA) is 38.7 Å². The van der Waals surface area contributed by atoms with Gasteiger partial charge in [0.2, 0.25) is 5.90 Å². The van der Waals surface area contributed by atoms with Gasteiger partial charge in [0.1, 0.15) is 0 Å². The zero-order valence-corrected chi connectivity index (χ0v) is 11.0. The highest BCUT2D eigenvalue weighted by molar-refractivity contribution is 6.11. The van der Waals surface area contributed by atoms with Crippen LogP contribution in [0.1, 0.15) is 12.5 Å². The third kappa shape index (κ3) is 3.12. The monoisotopic (exact) mass is 263 g/mol. The van der Waals surface area contributed by atoms with Crippen LogP contribution in [0.5, 0.6) is 0 Å². The maximum atomic E-state index is 11.8. The van der Waals surface area contributed by atoms with E-state index in [2.05, 4.69) is 10.9 Å². The molecule has 1 aliphatic heterocycles. The van der Waals surface area contributed by atoms with Gasteiger partial charge in [-0.1, -0.05) is 30.2 Å². The van der Waals surface area contributed by atoms with Gasteiger partial charge in [-0.3, -0.25) is 0 Å². The Kier molecular flexibility index (Phi) is 4.31. The highest BCUT2D eigenvalue weighted by atomic mass is 16.6. The van der Waals surface area contributed by atoms with E-state index in [0.29, 0.717) is 5.90 Å². The number of esters is 1. The van der Waals surface area contributed by atoms with Crippen molar-refractivity contribution < 1.29 is 9.53 Å². The van der Waals surface area contributed by atoms with Crippen LogP contribution in [-0.2, 0) is 9.53 Å². The number of carbonyl (C=O) groups is 1. The number of terminal acetylenes is 1. The van der Waals surface area contributed by atoms with Crippen LogP contribution in [0.4, 0.5) is 0 Å². The van der Waals surface area contributed by atoms with E-state index in [9.17, 15) is 4.79 Å². The molecule has 0 radical (unpaired) electrons. The van der Waals surface area contributed by atoms with E-state index >= 15 is 0 Å². The predicted molar refractivity (Wildman–Crippen MR) is 78.9 cm³/mol. The van der Waals surface area contributed by atoms with Gasteiger partial charge in [0.15, 0.2) is 5.70 Å². The summed E-state index contributed by atoms with van der Waals surface area (Å²) in [5.74, 6) is 2.26. The summed E-state index contributed by atoms with van der Waals surface area (Å²) in [6, 6.07) is 9.29. The molecule has 3 heteroatoms. The van der Waals surface area contributed by atoms with Crippen LogP contribution in [0.3, 0.4) is 0 Å². The first kappa shape index (κ1) is 13.6. The number of ether oxygens (including phenoxy) is 1. The van der Waals surface area contributed by atoms with Crippen LogP contribution in [0.15, 0.2) is 70.9 Å². The smallest absolute Gasteiger partial charge is 0.363 e. The van der Waals surface area contributed by atoms with E-state index in [1.54, 1.807) is 18.2 Å². The van der Waals surface area contributed by atoms with Crippen LogP contribution in [0.2, 0.25) is 0 Å². The van der Waals surface area contributed by atoms with Gasteiger partial charge < -0.3 is 4.74 Å². The second-order valence-corrected chi connectivity index (χ2v) is 3.99. The molecule has 0 saturated heterocycles. The van der Waals surface area contributed by atoms with Gasteiger partial charge in [0.25, 0.3) is 0 Å². The Labute approximate surface area is 118 Å². The number of allylic oxidation sites excluding steroid dienone is 5. The molecule has 0 saturated carbocycles. The summed E-state index contributed by atoms with van der Waals surface area (Å²) in [6.45, 7) is 1.86. The standard InChI is InChI=1S/C17H13NO2/c1-3-5-9-13(4-2)12-15-17(19)20-16(18-15)14-10-7-6-8-11-14/h1,4-12H,2H3/b9-5-,13-4+,15-12+. The molecule has 0 fully saturated rings. The average molecular weight is 263 g/mol. The number of rotatable bonds is 3. The van der Waals surface area contributed by atoms with Crippen molar-refractivity contribution >= 4 is 11.9 Å². The van der Waals surface area contributed by atoms with E-state index in [1.807, 2.05) is 43.3 Å². The van der Waals surface area contributed by atoms with Crippen LogP contribution in [0, 0.1) is 12.3 Å². The van der Waals surface area contributed by atoms with Crippen molar-refractivity contribution in [2.45, 2.75) is 6.92 Å². The molecule has 3 nitrogen and oxygen atoms in total. The molecule has 98 valence electrons. The molecule has 0 amide bonds. The van der Waals surface area contributed by atoms with Crippen LogP contribution in [0.25, 0.3) is 0 Å². The Morgan fingerprint density at radius 2 is 2.10 bits per heavy atom. The molecule has 0 aromatic heterocycles. The zero-order chi connectivity index (χ0) is 14.4. The molecule has 0 unspecified atom stereocenters. The van der Waals surface area contributed by atoms with Gasteiger partial charge in [-0.2, -0.15) is 0 Å². The summed E-state index contributed by atoms with van der Waals surface area (Å²) < 4.78 is 5.16. The van der Waals surface area contributed by atoms with E-state index in [4.69, 9.17) is 11.2 Å². The minimum Gasteiger partial charge on any atom is -0.402 e. The zero-order valence-electron chi connectivity index (χ0n) is 11.0. The molecular formula is C17H13NO2. The highest BCUT2D eigenvalue weighted by Gasteiger charge is 2.23. The van der Waals surface area contributed by atoms with Crippen molar-refractivity contribution in [2.75, 3.05) is 0 Å². The fourth-order valence-electron chi connectivity index (χ4n) is 1.64. The molecule has 1 heterocycles. The number of benzene rings is 1. The third-order valence-electron chi connectivity index (χ3n) is 2.65. The SMILES string of the molecule is C#C\C=C/C(=C\C)/C=C1/N=C(c2ccccc2)OC1=O. The van der Waals surface area contributed by atoms with Crippen LogP contribution in [-0.4, -0.2) is 11.9 Å². The Balaban J connectivity index is 2.30. The first-order valence-electron chi connectivity index (χ1n) is 6.11. The lowest BCUT2D eigenvalue weighted by atomic mass is 10.2. The quantitative estimate of drug-likeness (QED) is 0.364. The summed E-state index contributed by atoms with van der Waals surface area (Å²) in [6.07, 6.45) is 11.9. The normalized spacial score (nSPS) is 17.2. The predicted octanol–water partition coefficient (Wildman–Crippen LogP) is 3.01. The van der Waals surface area contributed by atoms with Gasteiger partial charge in [-0.15, -0.1) is 6.42 Å². The molecule has 2 rings (SSSR count). The molecule has 0 atom stereocenters. The summed E-state index contributed by atoms with van der Waals surface area (Å²) >= 11 is 0. The molecule has 0 bridgehead atoms. The van der Waals surface area contributed by atoms with Gasteiger partial charge in [0.05, 0.1) is 0 Å². The number of nitrogens with zero attached hydrogens (tertiary/aromatic N) is 1. The van der Waals surface area contributed by atoms with Crippen molar-refractivity contribution in [3.05, 3.63) is 71.5 Å². The molecule has 1 aliphatic rings. The Bertz CT molecular complexity index is 671. The number of aliphatic imine (C=N–C) groups is 1. The molecule has 20 heavy (non-hydrogen) atoms. The second kappa shape index (κ2) is 6.35. The molecule has 0 N–H and O–H groups in total. The summed E-state index contributed by atoms with van der Waals surface area (Å²) in [4.78, 5) is 16.0. The van der Waals surface area contributed by atoms with Crippen molar-refractivity contribution in [3.63, 3.8) is 0 Å². The molecule has 0 aliphatic carbocycles. The maximum Gasteiger partial charge on any atom is 0.363 e. The Morgan fingerprint density at radius 1 is 1.35 bits per heavy atom. The maximum absolute atomic E-state index is 11.8. The number of hydrogen-bond donors (Lipinski definition) is 0. The van der Waals surface area contributed by atoms with E-state index in [-0.39, 0.29) is 5.70 Å². The number of carbonyl (C=O) groups excluding carboxylic acids is 1. The van der Waals surface area contributed by atoms with Crippen molar-refractivity contribution in [2.24, 2.45) is 4.99 Å². The van der Waals surface area contributed by atoms with E-state index in [1.165, 1.54) is 0 Å². The van der Waals surface area contributed by atoms with E-state index < -0.39 is 5.97 Å². The Hall–Kier alpha value is -2.86. The average Bonchev–Trinajstić information content (AvgIpc) is 2.85. The first-order valence-corrected chi connectivity index (χ1v) is 6.11. The van der Waals surface area contributed by atoms with Gasteiger partial charge in [0, 0.05) is 5.56 Å². The van der Waals surface area contributed by atoms with Gasteiger partial charge >= 0.3 is 5.97 Å². The van der Waals surface area contributed by atoms with Gasteiger partial charge in [-0.25, -0.2) is 9.79 Å². The summed E-state index contributed by atoms with van der Waals surface area (Å²) in [7, 11) is 0. The first-order chi connectivity index (χ1) is 9.74. The third-order valence-corrected chi connectivity index (χ3v) is 2.65. The summed E-state index contributed by atoms with van der Waals surface area (Å²) in [5, 5.41) is 0. The van der Waals surface area contributed by atoms with Crippen LogP contribution >= 0.6 is 0 Å². The molecule has 1 aromatic rings. The van der Waals surface area contributed by atoms with Gasteiger partial charge in [-0.05, 0) is 42.9 Å². The van der Waals surface area contributed by atoms with Crippen molar-refractivity contribution in [1.82, 2.24) is 0 Å². The number of cyclic esters (lactones) is 1. The lowest BCUT2D eigenvalue weighted by molar-refractivity contribution is -0.130. The highest BCUT2D eigenvalue weighted by Crippen LogP contribution is 2.18. The fraction of sp³-hybridized carbons (Fsp3) is 0.0588. The minimum absolute atomic E-state index is 0.263. The molecule has 1 aromatic carbocycles. The molecule has 0 spiro atoms. The number of hydrogen-bond acceptors (Lipinski definition) is 3. The van der Waals surface area contributed by atoms with Crippen molar-refractivity contribution in [3.8, 4) is 12.3 Å². The largest absolute Gasteiger partial charge is 0.402 e. The van der Waals surface area contributed by atoms with E-state index in [0.717, 1.165) is 11.1 Å². The fourth-order valence-corrected chi connectivity index (χ4v) is 1.64. The lowest BCUT2D eigenvalue weighted by Crippen LogP contribution is -2.05. The second-order valence-electron chi connectivity index (χ2n) is 3.99.